The van der Waals surface area contributed by atoms with Gasteiger partial charge in [0.25, 0.3) is 5.91 Å². The summed E-state index contributed by atoms with van der Waals surface area (Å²) >= 11 is 3.35. The number of aromatic nitrogens is 2. The van der Waals surface area contributed by atoms with Gasteiger partial charge in [-0.05, 0) is 48.0 Å². The van der Waals surface area contributed by atoms with E-state index in [-0.39, 0.29) is 5.91 Å². The average molecular weight is 383 g/mol. The summed E-state index contributed by atoms with van der Waals surface area (Å²) in [6.07, 6.45) is 5.21. The summed E-state index contributed by atoms with van der Waals surface area (Å²) in [5.41, 5.74) is 2.59. The quantitative estimate of drug-likeness (QED) is 0.696. The van der Waals surface area contributed by atoms with Crippen LogP contribution in [0.3, 0.4) is 0 Å². The van der Waals surface area contributed by atoms with Gasteiger partial charge in [-0.15, -0.1) is 0 Å². The number of benzene rings is 1. The molecule has 0 fully saturated rings. The molecular weight excluding hydrogens is 368 g/mol. The van der Waals surface area contributed by atoms with Crippen LogP contribution < -0.4 is 10.6 Å². The lowest BCUT2D eigenvalue weighted by molar-refractivity contribution is 0.102. The van der Waals surface area contributed by atoms with E-state index >= 15 is 0 Å². The van der Waals surface area contributed by atoms with Gasteiger partial charge in [0.2, 0.25) is 0 Å². The minimum absolute atomic E-state index is 0.193. The molecule has 2 N–H and O–H groups in total. The number of carbonyl (C=O) groups excluding carboxylic acids is 1. The van der Waals surface area contributed by atoms with E-state index < -0.39 is 0 Å². The van der Waals surface area contributed by atoms with Gasteiger partial charge in [-0.1, -0.05) is 22.0 Å². The topological polar surface area (TPSA) is 66.9 Å². The summed E-state index contributed by atoms with van der Waals surface area (Å²) in [6.45, 7) is 0.688. The number of nitrogens with one attached hydrogen (secondary N) is 2. The maximum atomic E-state index is 12.2. The van der Waals surface area contributed by atoms with E-state index in [9.17, 15) is 4.79 Å². The summed E-state index contributed by atoms with van der Waals surface area (Å²) in [6, 6.07) is 14.8. The Morgan fingerprint density at radius 2 is 1.92 bits per heavy atom. The highest BCUT2D eigenvalue weighted by molar-refractivity contribution is 9.10. The van der Waals surface area contributed by atoms with Gasteiger partial charge in [-0.25, -0.2) is 4.98 Å². The molecule has 0 radical (unpaired) electrons. The average Bonchev–Trinajstić information content (AvgIpc) is 2.62. The van der Waals surface area contributed by atoms with Gasteiger partial charge in [0.1, 0.15) is 5.82 Å². The Balaban J connectivity index is 1.59. The summed E-state index contributed by atoms with van der Waals surface area (Å²) in [4.78, 5) is 20.4. The van der Waals surface area contributed by atoms with Crippen molar-refractivity contribution in [2.75, 3.05) is 10.6 Å². The maximum absolute atomic E-state index is 12.2. The van der Waals surface area contributed by atoms with E-state index in [1.807, 2.05) is 30.3 Å². The highest BCUT2D eigenvalue weighted by Gasteiger charge is 2.07. The fourth-order valence-corrected chi connectivity index (χ4v) is 2.49. The summed E-state index contributed by atoms with van der Waals surface area (Å²) < 4.78 is 0.860. The molecule has 0 aliphatic heterocycles. The normalized spacial score (nSPS) is 10.2. The minimum Gasteiger partial charge on any atom is -0.380 e. The molecule has 0 unspecified atom stereocenters. The first kappa shape index (κ1) is 16.1. The number of carbonyl (C=O) groups is 1. The van der Waals surface area contributed by atoms with Crippen molar-refractivity contribution >= 4 is 33.3 Å². The van der Waals surface area contributed by atoms with E-state index in [0.29, 0.717) is 17.9 Å². The van der Waals surface area contributed by atoms with Crippen LogP contribution >= 0.6 is 15.9 Å². The van der Waals surface area contributed by atoms with Gasteiger partial charge in [-0.3, -0.25) is 9.78 Å². The van der Waals surface area contributed by atoms with Crippen molar-refractivity contribution in [3.05, 3.63) is 82.7 Å². The Morgan fingerprint density at radius 3 is 2.62 bits per heavy atom. The van der Waals surface area contributed by atoms with Crippen LogP contribution in [-0.4, -0.2) is 15.9 Å². The van der Waals surface area contributed by atoms with Gasteiger partial charge in [-0.2, -0.15) is 0 Å². The number of pyridine rings is 2. The smallest absolute Gasteiger partial charge is 0.256 e. The zero-order chi connectivity index (χ0) is 16.8. The van der Waals surface area contributed by atoms with Crippen LogP contribution in [0.15, 0.2) is 71.6 Å². The third-order valence-electron chi connectivity index (χ3n) is 3.34. The number of anilines is 2. The van der Waals surface area contributed by atoms with Gasteiger partial charge >= 0.3 is 0 Å². The van der Waals surface area contributed by atoms with Crippen LogP contribution in [-0.2, 0) is 6.54 Å². The fourth-order valence-electron chi connectivity index (χ4n) is 2.10. The van der Waals surface area contributed by atoms with Crippen LogP contribution in [0, 0.1) is 0 Å². The molecule has 0 saturated heterocycles. The van der Waals surface area contributed by atoms with E-state index in [4.69, 9.17) is 0 Å². The lowest BCUT2D eigenvalue weighted by Crippen LogP contribution is -2.12. The van der Waals surface area contributed by atoms with E-state index in [0.717, 1.165) is 15.7 Å². The van der Waals surface area contributed by atoms with Crippen LogP contribution in [0.4, 0.5) is 11.5 Å². The molecule has 0 aliphatic rings. The Bertz CT molecular complexity index is 822. The first-order valence-corrected chi connectivity index (χ1v) is 8.16. The molecule has 5 nitrogen and oxygen atoms in total. The molecule has 3 rings (SSSR count). The van der Waals surface area contributed by atoms with Crippen LogP contribution in [0.25, 0.3) is 0 Å². The number of nitrogens with zero attached hydrogens (tertiary/aromatic N) is 2. The molecule has 1 amide bonds. The number of hydrogen-bond acceptors (Lipinski definition) is 4. The van der Waals surface area contributed by atoms with Gasteiger partial charge in [0, 0.05) is 29.0 Å². The van der Waals surface area contributed by atoms with Crippen molar-refractivity contribution in [1.82, 2.24) is 9.97 Å². The summed E-state index contributed by atoms with van der Waals surface area (Å²) in [7, 11) is 0. The lowest BCUT2D eigenvalue weighted by Gasteiger charge is -2.08. The van der Waals surface area contributed by atoms with Crippen molar-refractivity contribution in [3.63, 3.8) is 0 Å². The molecule has 2 aromatic heterocycles. The minimum atomic E-state index is -0.193. The summed E-state index contributed by atoms with van der Waals surface area (Å²) in [5.74, 6) is 0.315. The number of hydrogen-bond donors (Lipinski definition) is 2. The second-order valence-corrected chi connectivity index (χ2v) is 6.02. The summed E-state index contributed by atoms with van der Waals surface area (Å²) in [5, 5.41) is 6.05. The van der Waals surface area contributed by atoms with E-state index in [2.05, 4.69) is 36.5 Å². The molecule has 6 heteroatoms. The van der Waals surface area contributed by atoms with E-state index in [1.165, 1.54) is 0 Å². The molecule has 1 aromatic carbocycles. The van der Waals surface area contributed by atoms with E-state index in [1.54, 1.807) is 36.8 Å². The highest BCUT2D eigenvalue weighted by atomic mass is 79.9. The molecule has 0 bridgehead atoms. The predicted octanol–water partition coefficient (Wildman–Crippen LogP) is 4.10. The fraction of sp³-hybridized carbons (Fsp3) is 0.0556. The SMILES string of the molecule is O=C(Nc1ccc(NCc2ccncc2)cn1)c1cccc(Br)c1. The van der Waals surface area contributed by atoms with Crippen LogP contribution in [0.2, 0.25) is 0 Å². The molecule has 0 atom stereocenters. The molecule has 2 heterocycles. The number of halogens is 1. The van der Waals surface area contributed by atoms with Crippen molar-refractivity contribution in [2.24, 2.45) is 0 Å². The lowest BCUT2D eigenvalue weighted by atomic mass is 10.2. The van der Waals surface area contributed by atoms with Gasteiger partial charge < -0.3 is 10.6 Å². The monoisotopic (exact) mass is 382 g/mol. The second kappa shape index (κ2) is 7.70. The first-order valence-electron chi connectivity index (χ1n) is 7.36. The maximum Gasteiger partial charge on any atom is 0.256 e. The van der Waals surface area contributed by atoms with Crippen molar-refractivity contribution in [1.29, 1.82) is 0 Å². The van der Waals surface area contributed by atoms with Gasteiger partial charge in [0.05, 0.1) is 11.9 Å². The third-order valence-corrected chi connectivity index (χ3v) is 3.83. The zero-order valence-electron chi connectivity index (χ0n) is 12.7. The molecular formula is C18H15BrN4O. The second-order valence-electron chi connectivity index (χ2n) is 5.11. The Hall–Kier alpha value is -2.73. The molecule has 0 saturated carbocycles. The zero-order valence-corrected chi connectivity index (χ0v) is 14.3. The van der Waals surface area contributed by atoms with Crippen LogP contribution in [0.5, 0.6) is 0 Å². The Labute approximate surface area is 148 Å². The van der Waals surface area contributed by atoms with Gasteiger partial charge in [0.15, 0.2) is 0 Å². The molecule has 0 spiro atoms. The standard InChI is InChI=1S/C18H15BrN4O/c19-15-3-1-2-14(10-15)18(24)23-17-5-4-16(12-22-17)21-11-13-6-8-20-9-7-13/h1-10,12,21H,11H2,(H,22,23,24). The largest absolute Gasteiger partial charge is 0.380 e. The van der Waals surface area contributed by atoms with Crippen molar-refractivity contribution < 1.29 is 4.79 Å². The number of amides is 1. The van der Waals surface area contributed by atoms with Crippen molar-refractivity contribution in [2.45, 2.75) is 6.54 Å². The van der Waals surface area contributed by atoms with Crippen LogP contribution in [0.1, 0.15) is 15.9 Å². The third kappa shape index (κ3) is 4.39. The molecule has 3 aromatic rings. The highest BCUT2D eigenvalue weighted by Crippen LogP contribution is 2.15. The molecule has 120 valence electrons. The molecule has 0 aliphatic carbocycles. The Morgan fingerprint density at radius 1 is 1.08 bits per heavy atom. The molecule has 24 heavy (non-hydrogen) atoms. The van der Waals surface area contributed by atoms with Crippen molar-refractivity contribution in [3.8, 4) is 0 Å². The Kier molecular flexibility index (Phi) is 5.18. The number of rotatable bonds is 5. The predicted molar refractivity (Wildman–Crippen MR) is 97.9 cm³/mol. The first-order chi connectivity index (χ1) is 11.7.